The second kappa shape index (κ2) is 6.80. The fourth-order valence-electron chi connectivity index (χ4n) is 4.12. The maximum absolute atomic E-state index is 13.2. The Hall–Kier alpha value is -3.55. The van der Waals surface area contributed by atoms with Gasteiger partial charge in [0.2, 0.25) is 5.56 Å². The summed E-state index contributed by atoms with van der Waals surface area (Å²) in [5.41, 5.74) is 3.14. The Morgan fingerprint density at radius 1 is 1.21 bits per heavy atom. The van der Waals surface area contributed by atoms with Gasteiger partial charge in [-0.05, 0) is 55.5 Å². The van der Waals surface area contributed by atoms with Crippen LogP contribution in [0, 0.1) is 6.92 Å². The standard InChI is InChI=1S/C21H20N6O2/c1-13-9-18(27-21(24-13)22-12-23-27)16-3-2-8-26(11-16)20(29)15-4-6-17-14(10-15)5-7-19(28)25-17/h4-7,9-10,12,16H,2-3,8,11H2,1H3,(H,25,28). The van der Waals surface area contributed by atoms with E-state index >= 15 is 0 Å². The van der Waals surface area contributed by atoms with E-state index in [-0.39, 0.29) is 17.4 Å². The molecule has 1 atom stereocenters. The third kappa shape index (κ3) is 3.16. The molecule has 0 spiro atoms. The molecule has 0 saturated carbocycles. The molecule has 1 aromatic carbocycles. The third-order valence-corrected chi connectivity index (χ3v) is 5.50. The number of carbonyl (C=O) groups excluding carboxylic acids is 1. The number of piperidine rings is 1. The van der Waals surface area contributed by atoms with Gasteiger partial charge in [-0.15, -0.1) is 0 Å². The van der Waals surface area contributed by atoms with Crippen molar-refractivity contribution in [3.8, 4) is 0 Å². The molecular formula is C21H20N6O2. The Morgan fingerprint density at radius 3 is 3.00 bits per heavy atom. The van der Waals surface area contributed by atoms with Crippen LogP contribution in [0.4, 0.5) is 0 Å². The van der Waals surface area contributed by atoms with Crippen molar-refractivity contribution in [1.82, 2.24) is 29.5 Å². The van der Waals surface area contributed by atoms with Gasteiger partial charge >= 0.3 is 0 Å². The van der Waals surface area contributed by atoms with Crippen molar-refractivity contribution >= 4 is 22.6 Å². The number of fused-ring (bicyclic) bond motifs is 2. The van der Waals surface area contributed by atoms with Crippen molar-refractivity contribution in [2.24, 2.45) is 0 Å². The predicted octanol–water partition coefficient (Wildman–Crippen LogP) is 2.29. The minimum absolute atomic E-state index is 0.00316. The number of nitrogens with one attached hydrogen (secondary N) is 1. The molecule has 1 aliphatic heterocycles. The van der Waals surface area contributed by atoms with E-state index in [1.54, 1.807) is 22.7 Å². The van der Waals surface area contributed by atoms with Crippen LogP contribution in [0.25, 0.3) is 16.7 Å². The summed E-state index contributed by atoms with van der Waals surface area (Å²) >= 11 is 0. The highest BCUT2D eigenvalue weighted by Crippen LogP contribution is 2.28. The SMILES string of the molecule is Cc1cc(C2CCCN(C(=O)c3ccc4[nH]c(=O)ccc4c3)C2)n2ncnc2n1. The molecule has 1 amide bonds. The number of aromatic amines is 1. The minimum atomic E-state index is -0.150. The molecule has 29 heavy (non-hydrogen) atoms. The van der Waals surface area contributed by atoms with Crippen LogP contribution < -0.4 is 5.56 Å². The van der Waals surface area contributed by atoms with Gasteiger partial charge in [-0.1, -0.05) is 0 Å². The molecule has 8 nitrogen and oxygen atoms in total. The number of likely N-dealkylation sites (tertiary alicyclic amines) is 1. The summed E-state index contributed by atoms with van der Waals surface area (Å²) in [6.07, 6.45) is 3.42. The van der Waals surface area contributed by atoms with Crippen LogP contribution in [0.2, 0.25) is 0 Å². The smallest absolute Gasteiger partial charge is 0.253 e. The molecule has 4 heterocycles. The van der Waals surface area contributed by atoms with Crippen LogP contribution >= 0.6 is 0 Å². The Bertz CT molecular complexity index is 1290. The average Bonchev–Trinajstić information content (AvgIpc) is 3.20. The van der Waals surface area contributed by atoms with Gasteiger partial charge in [-0.25, -0.2) is 9.50 Å². The number of nitrogens with zero attached hydrogens (tertiary/aromatic N) is 5. The van der Waals surface area contributed by atoms with E-state index in [0.717, 1.165) is 41.7 Å². The van der Waals surface area contributed by atoms with Gasteiger partial charge in [0, 0.05) is 41.8 Å². The van der Waals surface area contributed by atoms with Gasteiger partial charge in [-0.3, -0.25) is 9.59 Å². The molecule has 0 aliphatic carbocycles. The summed E-state index contributed by atoms with van der Waals surface area (Å²) in [4.78, 5) is 37.9. The van der Waals surface area contributed by atoms with E-state index in [1.165, 1.54) is 12.4 Å². The molecule has 4 aromatic rings. The first-order chi connectivity index (χ1) is 14.1. The number of hydrogen-bond donors (Lipinski definition) is 1. The average molecular weight is 388 g/mol. The number of aryl methyl sites for hydroxylation is 1. The summed E-state index contributed by atoms with van der Waals surface area (Å²) < 4.78 is 1.78. The quantitative estimate of drug-likeness (QED) is 0.568. The molecule has 146 valence electrons. The first-order valence-corrected chi connectivity index (χ1v) is 9.68. The third-order valence-electron chi connectivity index (χ3n) is 5.50. The van der Waals surface area contributed by atoms with E-state index in [9.17, 15) is 9.59 Å². The highest BCUT2D eigenvalue weighted by Gasteiger charge is 2.27. The maximum atomic E-state index is 13.2. The molecule has 0 radical (unpaired) electrons. The van der Waals surface area contributed by atoms with Gasteiger partial charge in [0.15, 0.2) is 0 Å². The lowest BCUT2D eigenvalue weighted by atomic mass is 9.93. The van der Waals surface area contributed by atoms with Crippen molar-refractivity contribution in [3.05, 3.63) is 70.0 Å². The number of benzene rings is 1. The molecule has 0 bridgehead atoms. The fraction of sp³-hybridized carbons (Fsp3) is 0.286. The molecular weight excluding hydrogens is 368 g/mol. The monoisotopic (exact) mass is 388 g/mol. The molecule has 3 aromatic heterocycles. The number of H-pyrrole nitrogens is 1. The summed E-state index contributed by atoms with van der Waals surface area (Å²) in [6.45, 7) is 3.30. The topological polar surface area (TPSA) is 96.2 Å². The summed E-state index contributed by atoms with van der Waals surface area (Å²) in [5, 5.41) is 5.16. The second-order valence-corrected chi connectivity index (χ2v) is 7.51. The van der Waals surface area contributed by atoms with Crippen molar-refractivity contribution in [1.29, 1.82) is 0 Å². The number of amides is 1. The van der Waals surface area contributed by atoms with Crippen molar-refractivity contribution < 1.29 is 4.79 Å². The van der Waals surface area contributed by atoms with Crippen molar-refractivity contribution in [2.45, 2.75) is 25.7 Å². The molecule has 1 N–H and O–H groups in total. The molecule has 1 unspecified atom stereocenters. The van der Waals surface area contributed by atoms with Crippen LogP contribution in [0.1, 0.15) is 40.5 Å². The number of aromatic nitrogens is 5. The first kappa shape index (κ1) is 17.5. The van der Waals surface area contributed by atoms with Gasteiger partial charge in [0.05, 0.1) is 5.69 Å². The van der Waals surface area contributed by atoms with E-state index in [2.05, 4.69) is 20.1 Å². The summed E-state index contributed by atoms with van der Waals surface area (Å²) in [7, 11) is 0. The normalized spacial score (nSPS) is 17.1. The summed E-state index contributed by atoms with van der Waals surface area (Å²) in [6, 6.07) is 10.6. The van der Waals surface area contributed by atoms with Gasteiger partial charge < -0.3 is 9.88 Å². The van der Waals surface area contributed by atoms with Gasteiger partial charge in [0.1, 0.15) is 6.33 Å². The Kier molecular flexibility index (Phi) is 4.12. The second-order valence-electron chi connectivity index (χ2n) is 7.51. The summed E-state index contributed by atoms with van der Waals surface area (Å²) in [5.74, 6) is 0.769. The number of rotatable bonds is 2. The Balaban J connectivity index is 1.44. The highest BCUT2D eigenvalue weighted by molar-refractivity contribution is 5.98. The zero-order chi connectivity index (χ0) is 20.0. The van der Waals surface area contributed by atoms with E-state index in [0.29, 0.717) is 17.9 Å². The molecule has 1 saturated heterocycles. The van der Waals surface area contributed by atoms with Crippen LogP contribution in [-0.2, 0) is 0 Å². The van der Waals surface area contributed by atoms with Crippen molar-refractivity contribution in [2.75, 3.05) is 13.1 Å². The predicted molar refractivity (Wildman–Crippen MR) is 108 cm³/mol. The Morgan fingerprint density at radius 2 is 2.10 bits per heavy atom. The highest BCUT2D eigenvalue weighted by atomic mass is 16.2. The number of carbonyl (C=O) groups is 1. The maximum Gasteiger partial charge on any atom is 0.253 e. The van der Waals surface area contributed by atoms with Gasteiger partial charge in [0.25, 0.3) is 11.7 Å². The van der Waals surface area contributed by atoms with Gasteiger partial charge in [-0.2, -0.15) is 10.1 Å². The van der Waals surface area contributed by atoms with Crippen LogP contribution in [0.15, 0.2) is 47.5 Å². The van der Waals surface area contributed by atoms with Crippen LogP contribution in [0.5, 0.6) is 0 Å². The number of hydrogen-bond acceptors (Lipinski definition) is 5. The lowest BCUT2D eigenvalue weighted by Crippen LogP contribution is -2.39. The largest absolute Gasteiger partial charge is 0.338 e. The molecule has 1 aliphatic rings. The van der Waals surface area contributed by atoms with E-state index < -0.39 is 0 Å². The Labute approximate surface area is 166 Å². The van der Waals surface area contributed by atoms with E-state index in [1.807, 2.05) is 24.0 Å². The van der Waals surface area contributed by atoms with Crippen LogP contribution in [-0.4, -0.2) is 48.5 Å². The minimum Gasteiger partial charge on any atom is -0.338 e. The molecule has 5 rings (SSSR count). The fourth-order valence-corrected chi connectivity index (χ4v) is 4.12. The first-order valence-electron chi connectivity index (χ1n) is 9.68. The molecule has 8 heteroatoms. The van der Waals surface area contributed by atoms with Crippen LogP contribution in [0.3, 0.4) is 0 Å². The zero-order valence-corrected chi connectivity index (χ0v) is 16.0. The zero-order valence-electron chi connectivity index (χ0n) is 16.0. The van der Waals surface area contributed by atoms with E-state index in [4.69, 9.17) is 0 Å². The lowest BCUT2D eigenvalue weighted by molar-refractivity contribution is 0.0705. The molecule has 1 fully saturated rings. The van der Waals surface area contributed by atoms with Crippen molar-refractivity contribution in [3.63, 3.8) is 0 Å². The number of pyridine rings is 1. The lowest BCUT2D eigenvalue weighted by Gasteiger charge is -2.33.